The third-order valence-electron chi connectivity index (χ3n) is 7.12. The first kappa shape index (κ1) is 25.0. The number of ether oxygens (including phenoxy) is 2. The van der Waals surface area contributed by atoms with Gasteiger partial charge in [-0.3, -0.25) is 24.2 Å². The topological polar surface area (TPSA) is 103 Å². The maximum Gasteiger partial charge on any atom is 0.243 e. The number of anilines is 1. The van der Waals surface area contributed by atoms with Crippen molar-refractivity contribution in [3.05, 3.63) is 53.6 Å². The monoisotopic (exact) mass is 507 g/mol. The lowest BCUT2D eigenvalue weighted by Gasteiger charge is -2.38. The van der Waals surface area contributed by atoms with Gasteiger partial charge in [-0.05, 0) is 36.2 Å². The lowest BCUT2D eigenvalue weighted by molar-refractivity contribution is -0.145. The van der Waals surface area contributed by atoms with Crippen LogP contribution in [0.2, 0.25) is 0 Å². The normalized spacial score (nSPS) is 20.0. The second-order valence-electron chi connectivity index (χ2n) is 9.70. The molecule has 0 radical (unpaired) electrons. The van der Waals surface area contributed by atoms with Crippen molar-refractivity contribution < 1.29 is 23.9 Å². The van der Waals surface area contributed by atoms with Gasteiger partial charge < -0.3 is 25.0 Å². The van der Waals surface area contributed by atoms with Crippen molar-refractivity contribution in [2.24, 2.45) is 0 Å². The van der Waals surface area contributed by atoms with Crippen LogP contribution in [0.4, 0.5) is 5.69 Å². The number of nitrogens with one attached hydrogen (secondary N) is 2. The number of piperazine rings is 2. The van der Waals surface area contributed by atoms with Crippen LogP contribution in [0, 0.1) is 6.92 Å². The van der Waals surface area contributed by atoms with E-state index in [9.17, 15) is 14.4 Å². The van der Waals surface area contributed by atoms with E-state index in [1.54, 1.807) is 4.90 Å². The number of nitrogens with zero attached hydrogens (tertiary/aromatic N) is 3. The zero-order valence-corrected chi connectivity index (χ0v) is 21.1. The molecule has 0 spiro atoms. The summed E-state index contributed by atoms with van der Waals surface area (Å²) in [5.74, 6) is 0.881. The molecule has 0 unspecified atom stereocenters. The van der Waals surface area contributed by atoms with E-state index in [1.165, 1.54) is 5.56 Å². The lowest BCUT2D eigenvalue weighted by Crippen LogP contribution is -2.60. The van der Waals surface area contributed by atoms with E-state index in [0.717, 1.165) is 49.8 Å². The van der Waals surface area contributed by atoms with Gasteiger partial charge in [0.25, 0.3) is 0 Å². The van der Waals surface area contributed by atoms with E-state index < -0.39 is 6.04 Å². The van der Waals surface area contributed by atoms with Crippen LogP contribution >= 0.6 is 0 Å². The Bertz CT molecular complexity index is 1160. The van der Waals surface area contributed by atoms with Gasteiger partial charge in [-0.25, -0.2) is 0 Å². The molecule has 2 aromatic carbocycles. The molecule has 5 rings (SSSR count). The van der Waals surface area contributed by atoms with Gasteiger partial charge in [-0.15, -0.1) is 0 Å². The van der Waals surface area contributed by atoms with Gasteiger partial charge in [-0.1, -0.05) is 24.3 Å². The highest BCUT2D eigenvalue weighted by atomic mass is 16.7. The number of hydrogen-bond acceptors (Lipinski definition) is 7. The molecule has 0 aromatic heterocycles. The summed E-state index contributed by atoms with van der Waals surface area (Å²) in [5.41, 5.74) is 2.81. The van der Waals surface area contributed by atoms with Crippen molar-refractivity contribution >= 4 is 23.4 Å². The van der Waals surface area contributed by atoms with Gasteiger partial charge in [0.05, 0.1) is 13.0 Å². The third-order valence-corrected chi connectivity index (χ3v) is 7.12. The van der Waals surface area contributed by atoms with Crippen LogP contribution in [0.3, 0.4) is 0 Å². The van der Waals surface area contributed by atoms with Crippen LogP contribution in [0.25, 0.3) is 0 Å². The molecule has 3 aliphatic rings. The highest BCUT2D eigenvalue weighted by Gasteiger charge is 2.35. The van der Waals surface area contributed by atoms with Gasteiger partial charge in [0, 0.05) is 51.5 Å². The number of amides is 3. The number of aryl methyl sites for hydroxylation is 1. The largest absolute Gasteiger partial charge is 0.454 e. The van der Waals surface area contributed by atoms with Crippen LogP contribution in [-0.2, 0) is 20.9 Å². The van der Waals surface area contributed by atoms with Crippen molar-refractivity contribution in [1.82, 2.24) is 20.0 Å². The van der Waals surface area contributed by atoms with Gasteiger partial charge >= 0.3 is 0 Å². The Morgan fingerprint density at radius 2 is 1.76 bits per heavy atom. The molecule has 3 heterocycles. The smallest absolute Gasteiger partial charge is 0.243 e. The third kappa shape index (κ3) is 6.03. The fourth-order valence-electron chi connectivity index (χ4n) is 4.99. The molecule has 0 bridgehead atoms. The van der Waals surface area contributed by atoms with Crippen molar-refractivity contribution in [3.8, 4) is 11.5 Å². The predicted molar refractivity (Wildman–Crippen MR) is 137 cm³/mol. The Kier molecular flexibility index (Phi) is 7.57. The van der Waals surface area contributed by atoms with Crippen molar-refractivity contribution in [2.45, 2.75) is 25.9 Å². The number of fused-ring (bicyclic) bond motifs is 1. The number of benzene rings is 2. The summed E-state index contributed by atoms with van der Waals surface area (Å²) in [6, 6.07) is 12.7. The Hall–Kier alpha value is -3.63. The highest BCUT2D eigenvalue weighted by molar-refractivity contribution is 5.98. The molecular weight excluding hydrogens is 474 g/mol. The molecule has 3 amide bonds. The number of carbonyl (C=O) groups is 3. The molecule has 3 aliphatic heterocycles. The number of rotatable bonds is 7. The predicted octanol–water partition coefficient (Wildman–Crippen LogP) is 1.20. The molecule has 2 fully saturated rings. The molecule has 196 valence electrons. The van der Waals surface area contributed by atoms with Gasteiger partial charge in [0.2, 0.25) is 24.5 Å². The van der Waals surface area contributed by atoms with Crippen LogP contribution in [0.15, 0.2) is 42.5 Å². The van der Waals surface area contributed by atoms with Crippen molar-refractivity contribution in [3.63, 3.8) is 0 Å². The minimum atomic E-state index is -0.808. The molecule has 10 heteroatoms. The summed E-state index contributed by atoms with van der Waals surface area (Å²) in [6.45, 7) is 7.21. The average molecular weight is 508 g/mol. The van der Waals surface area contributed by atoms with E-state index in [4.69, 9.17) is 9.47 Å². The highest BCUT2D eigenvalue weighted by Crippen LogP contribution is 2.32. The zero-order chi connectivity index (χ0) is 25.8. The summed E-state index contributed by atoms with van der Waals surface area (Å²) >= 11 is 0. The fraction of sp³-hybridized carbons (Fsp3) is 0.444. The van der Waals surface area contributed by atoms with Crippen molar-refractivity contribution in [1.29, 1.82) is 0 Å². The molecular formula is C27H33N5O5. The standard InChI is InChI=1S/C27H33N5O5/c1-19-4-2-3-5-21(19)29-25(33)15-22-27(35)28-8-9-32(22)26(34)17-31-12-10-30(11-13-31)16-20-6-7-23-24(14-20)37-18-36-23/h2-7,14,22H,8-13,15-18H2,1H3,(H,28,35)(H,29,33)/t22-/m1/s1. The van der Waals surface area contributed by atoms with Gasteiger partial charge in [-0.2, -0.15) is 0 Å². The zero-order valence-electron chi connectivity index (χ0n) is 21.1. The lowest BCUT2D eigenvalue weighted by atomic mass is 10.1. The van der Waals surface area contributed by atoms with E-state index in [0.29, 0.717) is 18.8 Å². The minimum absolute atomic E-state index is 0.0742. The summed E-state index contributed by atoms with van der Waals surface area (Å²) < 4.78 is 10.9. The molecule has 2 aromatic rings. The van der Waals surface area contributed by atoms with E-state index in [2.05, 4.69) is 26.5 Å². The summed E-state index contributed by atoms with van der Waals surface area (Å²) in [6.07, 6.45) is -0.0742. The minimum Gasteiger partial charge on any atom is -0.454 e. The molecule has 1 atom stereocenters. The molecule has 0 saturated carbocycles. The number of carbonyl (C=O) groups excluding carboxylic acids is 3. The first-order valence-electron chi connectivity index (χ1n) is 12.7. The second kappa shape index (κ2) is 11.2. The van der Waals surface area contributed by atoms with Gasteiger partial charge in [0.15, 0.2) is 11.5 Å². The molecule has 2 saturated heterocycles. The molecule has 37 heavy (non-hydrogen) atoms. The summed E-state index contributed by atoms with van der Waals surface area (Å²) in [5, 5.41) is 5.67. The molecule has 10 nitrogen and oxygen atoms in total. The maximum absolute atomic E-state index is 13.2. The Balaban J connectivity index is 1.12. The SMILES string of the molecule is Cc1ccccc1NC(=O)C[C@@H]1C(=O)NCCN1C(=O)CN1CCN(Cc2ccc3c(c2)OCO3)CC1. The Morgan fingerprint density at radius 1 is 1.00 bits per heavy atom. The molecule has 0 aliphatic carbocycles. The van der Waals surface area contributed by atoms with E-state index in [1.807, 2.05) is 43.3 Å². The van der Waals surface area contributed by atoms with Crippen LogP contribution < -0.4 is 20.1 Å². The average Bonchev–Trinajstić information content (AvgIpc) is 3.36. The maximum atomic E-state index is 13.2. The number of para-hydroxylation sites is 1. The molecule has 2 N–H and O–H groups in total. The quantitative estimate of drug-likeness (QED) is 0.581. The Labute approximate surface area is 216 Å². The Morgan fingerprint density at radius 3 is 2.57 bits per heavy atom. The summed E-state index contributed by atoms with van der Waals surface area (Å²) in [7, 11) is 0. The van der Waals surface area contributed by atoms with Crippen LogP contribution in [0.1, 0.15) is 17.5 Å². The fourth-order valence-corrected chi connectivity index (χ4v) is 4.99. The van der Waals surface area contributed by atoms with Gasteiger partial charge in [0.1, 0.15) is 6.04 Å². The van der Waals surface area contributed by atoms with Crippen LogP contribution in [0.5, 0.6) is 11.5 Å². The van der Waals surface area contributed by atoms with E-state index >= 15 is 0 Å². The first-order chi connectivity index (χ1) is 18.0. The van der Waals surface area contributed by atoms with Crippen molar-refractivity contribution in [2.75, 3.05) is 57.9 Å². The number of hydrogen-bond donors (Lipinski definition) is 2. The second-order valence-corrected chi connectivity index (χ2v) is 9.70. The first-order valence-corrected chi connectivity index (χ1v) is 12.7. The summed E-state index contributed by atoms with van der Waals surface area (Å²) in [4.78, 5) is 44.6. The van der Waals surface area contributed by atoms with E-state index in [-0.39, 0.29) is 37.5 Å². The van der Waals surface area contributed by atoms with Crippen LogP contribution in [-0.4, -0.2) is 91.1 Å².